The van der Waals surface area contributed by atoms with Crippen molar-refractivity contribution in [3.8, 4) is 5.69 Å². The average Bonchev–Trinajstić information content (AvgIpc) is 2.89. The van der Waals surface area contributed by atoms with Crippen molar-refractivity contribution in [2.45, 2.75) is 32.6 Å². The Morgan fingerprint density at radius 1 is 1.39 bits per heavy atom. The number of carboxylic acid groups (broad SMARTS) is 1. The molecule has 1 fully saturated rings. The molecule has 0 spiro atoms. The molecular weight excluding hydrogens is 296 g/mol. The molecule has 1 aromatic heterocycles. The van der Waals surface area contributed by atoms with Gasteiger partial charge in [-0.2, -0.15) is 0 Å². The highest BCUT2D eigenvalue weighted by molar-refractivity contribution is 5.94. The Morgan fingerprint density at radius 2 is 2.17 bits per heavy atom. The summed E-state index contributed by atoms with van der Waals surface area (Å²) < 4.78 is 1.81. The van der Waals surface area contributed by atoms with Crippen molar-refractivity contribution >= 4 is 17.6 Å². The first-order valence-electron chi connectivity index (χ1n) is 7.50. The van der Waals surface area contributed by atoms with Gasteiger partial charge >= 0.3 is 5.97 Å². The van der Waals surface area contributed by atoms with Gasteiger partial charge in [0.15, 0.2) is 0 Å². The summed E-state index contributed by atoms with van der Waals surface area (Å²) in [5.41, 5.74) is 0.578. The van der Waals surface area contributed by atoms with Gasteiger partial charge in [0.05, 0.1) is 11.1 Å². The third kappa shape index (κ3) is 2.94. The molecule has 120 valence electrons. The van der Waals surface area contributed by atoms with E-state index < -0.39 is 11.4 Å². The van der Waals surface area contributed by atoms with Crippen molar-refractivity contribution < 1.29 is 14.7 Å². The van der Waals surface area contributed by atoms with Crippen LogP contribution in [0, 0.1) is 12.3 Å². The van der Waals surface area contributed by atoms with Gasteiger partial charge in [-0.1, -0.05) is 12.5 Å². The molecule has 1 aliphatic carbocycles. The maximum Gasteiger partial charge on any atom is 0.310 e. The molecule has 0 aliphatic heterocycles. The van der Waals surface area contributed by atoms with E-state index in [4.69, 9.17) is 0 Å². The Balaban J connectivity index is 1.72. The van der Waals surface area contributed by atoms with Crippen LogP contribution in [0.25, 0.3) is 5.69 Å². The smallest absolute Gasteiger partial charge is 0.310 e. The van der Waals surface area contributed by atoms with Crippen molar-refractivity contribution in [1.82, 2.24) is 14.8 Å². The fourth-order valence-corrected chi connectivity index (χ4v) is 2.86. The first-order valence-corrected chi connectivity index (χ1v) is 7.50. The summed E-state index contributed by atoms with van der Waals surface area (Å²) in [7, 11) is 0. The highest BCUT2D eigenvalue weighted by Gasteiger charge is 2.45. The summed E-state index contributed by atoms with van der Waals surface area (Å²) >= 11 is 0. The van der Waals surface area contributed by atoms with Crippen LogP contribution in [0.1, 0.15) is 31.5 Å². The van der Waals surface area contributed by atoms with Gasteiger partial charge in [-0.15, -0.1) is 10.2 Å². The van der Waals surface area contributed by atoms with Crippen LogP contribution in [0.5, 0.6) is 0 Å². The van der Waals surface area contributed by atoms with Gasteiger partial charge in [0.1, 0.15) is 12.2 Å². The fraction of sp³-hybridized carbons (Fsp3) is 0.375. The van der Waals surface area contributed by atoms with Crippen LogP contribution in [0.2, 0.25) is 0 Å². The number of nitrogens with zero attached hydrogens (tertiary/aromatic N) is 3. The topological polar surface area (TPSA) is 97.1 Å². The Labute approximate surface area is 133 Å². The number of carboxylic acids is 1. The largest absolute Gasteiger partial charge is 0.481 e. The van der Waals surface area contributed by atoms with E-state index >= 15 is 0 Å². The van der Waals surface area contributed by atoms with E-state index in [1.807, 2.05) is 25.1 Å². The SMILES string of the molecule is Cc1nncn1-c1cccc(NC(=O)CC2(C(=O)O)CCC2)c1. The van der Waals surface area contributed by atoms with Crippen molar-refractivity contribution in [1.29, 1.82) is 0 Å². The zero-order valence-corrected chi connectivity index (χ0v) is 12.8. The highest BCUT2D eigenvalue weighted by atomic mass is 16.4. The number of rotatable bonds is 5. The lowest BCUT2D eigenvalue weighted by atomic mass is 9.66. The molecule has 0 saturated heterocycles. The maximum absolute atomic E-state index is 12.2. The lowest BCUT2D eigenvalue weighted by Crippen LogP contribution is -2.41. The minimum absolute atomic E-state index is 0.0121. The van der Waals surface area contributed by atoms with Gasteiger partial charge in [-0.25, -0.2) is 0 Å². The second kappa shape index (κ2) is 5.83. The van der Waals surface area contributed by atoms with E-state index in [-0.39, 0.29) is 12.3 Å². The van der Waals surface area contributed by atoms with Crippen LogP contribution in [0.15, 0.2) is 30.6 Å². The molecule has 0 unspecified atom stereocenters. The van der Waals surface area contributed by atoms with Crippen molar-refractivity contribution in [2.75, 3.05) is 5.32 Å². The van der Waals surface area contributed by atoms with Crippen molar-refractivity contribution in [2.24, 2.45) is 5.41 Å². The Bertz CT molecular complexity index is 749. The van der Waals surface area contributed by atoms with E-state index in [0.717, 1.165) is 17.9 Å². The normalized spacial score (nSPS) is 15.7. The molecule has 1 aliphatic rings. The van der Waals surface area contributed by atoms with Gasteiger partial charge in [0, 0.05) is 12.1 Å². The van der Waals surface area contributed by atoms with Gasteiger partial charge in [0.25, 0.3) is 0 Å². The molecular formula is C16H18N4O3. The molecule has 7 heteroatoms. The van der Waals surface area contributed by atoms with E-state index in [1.54, 1.807) is 17.0 Å². The summed E-state index contributed by atoms with van der Waals surface area (Å²) in [6, 6.07) is 7.29. The number of hydrogen-bond donors (Lipinski definition) is 2. The summed E-state index contributed by atoms with van der Waals surface area (Å²) in [6.07, 6.45) is 3.61. The van der Waals surface area contributed by atoms with Crippen LogP contribution in [-0.4, -0.2) is 31.7 Å². The third-order valence-electron chi connectivity index (χ3n) is 4.39. The zero-order valence-electron chi connectivity index (χ0n) is 12.8. The number of nitrogens with one attached hydrogen (secondary N) is 1. The molecule has 1 amide bonds. The number of aliphatic carboxylic acids is 1. The summed E-state index contributed by atoms with van der Waals surface area (Å²) in [5.74, 6) is -0.412. The average molecular weight is 314 g/mol. The summed E-state index contributed by atoms with van der Waals surface area (Å²) in [5, 5.41) is 19.9. The zero-order chi connectivity index (χ0) is 16.4. The first kappa shape index (κ1) is 15.2. The van der Waals surface area contributed by atoms with Crippen LogP contribution in [-0.2, 0) is 9.59 Å². The van der Waals surface area contributed by atoms with Crippen LogP contribution < -0.4 is 5.32 Å². The molecule has 3 rings (SSSR count). The van der Waals surface area contributed by atoms with Crippen molar-refractivity contribution in [3.63, 3.8) is 0 Å². The molecule has 0 bridgehead atoms. The minimum Gasteiger partial charge on any atom is -0.481 e. The van der Waals surface area contributed by atoms with Gasteiger partial charge < -0.3 is 10.4 Å². The molecule has 1 saturated carbocycles. The molecule has 0 radical (unpaired) electrons. The molecule has 1 aromatic carbocycles. The predicted molar refractivity (Wildman–Crippen MR) is 83.3 cm³/mol. The van der Waals surface area contributed by atoms with Crippen LogP contribution >= 0.6 is 0 Å². The Kier molecular flexibility index (Phi) is 3.85. The second-order valence-corrected chi connectivity index (χ2v) is 5.96. The summed E-state index contributed by atoms with van der Waals surface area (Å²) in [4.78, 5) is 23.5. The van der Waals surface area contributed by atoms with E-state index in [0.29, 0.717) is 18.5 Å². The number of benzene rings is 1. The quantitative estimate of drug-likeness (QED) is 0.881. The Hall–Kier alpha value is -2.70. The third-order valence-corrected chi connectivity index (χ3v) is 4.39. The lowest BCUT2D eigenvalue weighted by Gasteiger charge is -2.36. The predicted octanol–water partition coefficient (Wildman–Crippen LogP) is 2.16. The molecule has 0 atom stereocenters. The molecule has 23 heavy (non-hydrogen) atoms. The minimum atomic E-state index is -0.882. The monoisotopic (exact) mass is 314 g/mol. The van der Waals surface area contributed by atoms with Gasteiger partial charge in [-0.05, 0) is 38.0 Å². The molecule has 7 nitrogen and oxygen atoms in total. The molecule has 1 heterocycles. The van der Waals surface area contributed by atoms with Gasteiger partial charge in [-0.3, -0.25) is 14.2 Å². The highest BCUT2D eigenvalue weighted by Crippen LogP contribution is 2.44. The first-order chi connectivity index (χ1) is 11.0. The standard InChI is InChI=1S/C16H18N4O3/c1-11-19-17-10-20(11)13-5-2-4-12(8-13)18-14(21)9-16(15(22)23)6-3-7-16/h2,4-5,8,10H,3,6-7,9H2,1H3,(H,18,21)(H,22,23). The van der Waals surface area contributed by atoms with Crippen molar-refractivity contribution in [3.05, 3.63) is 36.4 Å². The second-order valence-electron chi connectivity index (χ2n) is 5.96. The maximum atomic E-state index is 12.2. The van der Waals surface area contributed by atoms with E-state index in [2.05, 4.69) is 15.5 Å². The molecule has 2 aromatic rings. The number of anilines is 1. The number of aryl methyl sites for hydroxylation is 1. The van der Waals surface area contributed by atoms with Crippen LogP contribution in [0.4, 0.5) is 5.69 Å². The van der Waals surface area contributed by atoms with E-state index in [1.165, 1.54) is 0 Å². The van der Waals surface area contributed by atoms with Crippen LogP contribution in [0.3, 0.4) is 0 Å². The lowest BCUT2D eigenvalue weighted by molar-refractivity contribution is -0.157. The number of hydrogen-bond acceptors (Lipinski definition) is 4. The Morgan fingerprint density at radius 3 is 2.74 bits per heavy atom. The number of carbonyl (C=O) groups is 2. The summed E-state index contributed by atoms with van der Waals surface area (Å²) in [6.45, 7) is 1.84. The number of aromatic nitrogens is 3. The van der Waals surface area contributed by atoms with Gasteiger partial charge in [0.2, 0.25) is 5.91 Å². The fourth-order valence-electron chi connectivity index (χ4n) is 2.86. The molecule has 2 N–H and O–H groups in total. The number of amides is 1. The number of carbonyl (C=O) groups excluding carboxylic acids is 1. The van der Waals surface area contributed by atoms with E-state index in [9.17, 15) is 14.7 Å².